The minimum absolute atomic E-state index is 0.281. The zero-order valence-corrected chi connectivity index (χ0v) is 18.8. The maximum absolute atomic E-state index is 12.3. The maximum atomic E-state index is 12.3. The van der Waals surface area contributed by atoms with Gasteiger partial charge in [0.25, 0.3) is 0 Å². The second-order valence-corrected chi connectivity index (χ2v) is 7.52. The van der Waals surface area contributed by atoms with Crippen molar-refractivity contribution in [2.24, 2.45) is 0 Å². The van der Waals surface area contributed by atoms with Gasteiger partial charge in [0.1, 0.15) is 5.82 Å². The summed E-state index contributed by atoms with van der Waals surface area (Å²) < 4.78 is 0. The van der Waals surface area contributed by atoms with Crippen LogP contribution in [0, 0.1) is 20.8 Å². The Morgan fingerprint density at radius 3 is 2.00 bits per heavy atom. The second kappa shape index (κ2) is 9.93. The normalized spacial score (nSPS) is 10.5. The first-order chi connectivity index (χ1) is 14.9. The van der Waals surface area contributed by atoms with Crippen molar-refractivity contribution in [3.05, 3.63) is 65.4 Å². The highest BCUT2D eigenvalue weighted by atomic mass is 16.2. The van der Waals surface area contributed by atoms with E-state index >= 15 is 0 Å². The van der Waals surface area contributed by atoms with E-state index in [1.807, 2.05) is 63.2 Å². The van der Waals surface area contributed by atoms with Gasteiger partial charge in [-0.25, -0.2) is 9.78 Å². The summed E-state index contributed by atoms with van der Waals surface area (Å²) in [5.41, 5.74) is 5.42. The number of amides is 2. The highest BCUT2D eigenvalue weighted by Gasteiger charge is 2.08. The average Bonchev–Trinajstić information content (AvgIpc) is 2.69. The first-order valence-electron chi connectivity index (χ1n) is 10.5. The summed E-state index contributed by atoms with van der Waals surface area (Å²) in [6, 6.07) is 15.1. The van der Waals surface area contributed by atoms with Crippen LogP contribution in [0.3, 0.4) is 0 Å². The number of nitrogens with zero attached hydrogens (tertiary/aromatic N) is 3. The van der Waals surface area contributed by atoms with Gasteiger partial charge in [-0.3, -0.25) is 0 Å². The lowest BCUT2D eigenvalue weighted by Gasteiger charge is -2.20. The van der Waals surface area contributed by atoms with Gasteiger partial charge < -0.3 is 20.9 Å². The summed E-state index contributed by atoms with van der Waals surface area (Å²) >= 11 is 0. The molecule has 0 spiro atoms. The van der Waals surface area contributed by atoms with Crippen LogP contribution in [-0.2, 0) is 0 Å². The molecular weight excluding hydrogens is 388 g/mol. The van der Waals surface area contributed by atoms with Crippen LogP contribution in [-0.4, -0.2) is 29.1 Å². The van der Waals surface area contributed by atoms with Crippen LogP contribution in [0.25, 0.3) is 0 Å². The number of carbonyl (C=O) groups is 1. The fraction of sp³-hybridized carbons (Fsp3) is 0.292. The molecule has 7 heteroatoms. The molecule has 0 fully saturated rings. The summed E-state index contributed by atoms with van der Waals surface area (Å²) in [6.07, 6.45) is 0. The Balaban J connectivity index is 1.64. The van der Waals surface area contributed by atoms with Crippen molar-refractivity contribution in [1.29, 1.82) is 0 Å². The van der Waals surface area contributed by atoms with Crippen LogP contribution in [0.1, 0.15) is 30.7 Å². The number of nitrogens with one attached hydrogen (secondary N) is 3. The minimum atomic E-state index is -0.281. The van der Waals surface area contributed by atoms with Crippen LogP contribution >= 0.6 is 0 Å². The van der Waals surface area contributed by atoms with E-state index < -0.39 is 0 Å². The van der Waals surface area contributed by atoms with Gasteiger partial charge in [0.05, 0.1) is 0 Å². The van der Waals surface area contributed by atoms with Crippen molar-refractivity contribution in [2.45, 2.75) is 34.6 Å². The maximum Gasteiger partial charge on any atom is 0.323 e. The molecule has 0 aliphatic heterocycles. The molecule has 0 aliphatic carbocycles. The molecule has 1 heterocycles. The molecule has 3 N–H and O–H groups in total. The monoisotopic (exact) mass is 418 g/mol. The Hall–Kier alpha value is -3.61. The standard InChI is InChI=1S/C24H30N6O/c1-6-30(7-2)22-15-18(5)25-23(29-22)26-19-8-10-20(11-9-19)27-24(31)28-21-13-16(3)12-17(4)14-21/h8-15H,6-7H2,1-5H3,(H,25,26,29)(H2,27,28,31). The lowest BCUT2D eigenvalue weighted by molar-refractivity contribution is 0.262. The van der Waals surface area contributed by atoms with Gasteiger partial charge in [0.2, 0.25) is 5.95 Å². The number of hydrogen-bond acceptors (Lipinski definition) is 5. The van der Waals surface area contributed by atoms with E-state index in [4.69, 9.17) is 0 Å². The van der Waals surface area contributed by atoms with Crippen molar-refractivity contribution in [3.63, 3.8) is 0 Å². The van der Waals surface area contributed by atoms with Gasteiger partial charge in [0, 0.05) is 41.9 Å². The Morgan fingerprint density at radius 1 is 0.806 bits per heavy atom. The largest absolute Gasteiger partial charge is 0.357 e. The first-order valence-corrected chi connectivity index (χ1v) is 10.5. The zero-order chi connectivity index (χ0) is 22.4. The van der Waals surface area contributed by atoms with Crippen molar-refractivity contribution in [3.8, 4) is 0 Å². The predicted molar refractivity (Wildman–Crippen MR) is 129 cm³/mol. The van der Waals surface area contributed by atoms with Crippen LogP contribution in [0.2, 0.25) is 0 Å². The molecule has 0 saturated heterocycles. The molecule has 3 aromatic rings. The molecular formula is C24H30N6O. The molecule has 31 heavy (non-hydrogen) atoms. The zero-order valence-electron chi connectivity index (χ0n) is 18.8. The summed E-state index contributed by atoms with van der Waals surface area (Å²) in [5.74, 6) is 1.46. The molecule has 2 amide bonds. The predicted octanol–water partition coefficient (Wildman–Crippen LogP) is 5.64. The smallest absolute Gasteiger partial charge is 0.323 e. The Labute approximate surface area is 183 Å². The number of urea groups is 1. The number of aryl methyl sites for hydroxylation is 3. The van der Waals surface area contributed by atoms with Crippen LogP contribution in [0.4, 0.5) is 33.6 Å². The van der Waals surface area contributed by atoms with E-state index in [1.165, 1.54) is 0 Å². The third-order valence-corrected chi connectivity index (χ3v) is 4.81. The molecule has 0 bridgehead atoms. The van der Waals surface area contributed by atoms with Gasteiger partial charge in [-0.05, 0) is 82.1 Å². The van der Waals surface area contributed by atoms with E-state index in [-0.39, 0.29) is 6.03 Å². The van der Waals surface area contributed by atoms with E-state index in [0.29, 0.717) is 11.6 Å². The molecule has 0 saturated carbocycles. The fourth-order valence-electron chi connectivity index (χ4n) is 3.42. The number of aromatic nitrogens is 2. The Kier molecular flexibility index (Phi) is 7.07. The molecule has 162 valence electrons. The van der Waals surface area contributed by atoms with Gasteiger partial charge >= 0.3 is 6.03 Å². The van der Waals surface area contributed by atoms with Crippen molar-refractivity contribution in [1.82, 2.24) is 9.97 Å². The van der Waals surface area contributed by atoms with Crippen molar-refractivity contribution in [2.75, 3.05) is 33.9 Å². The minimum Gasteiger partial charge on any atom is -0.357 e. The highest BCUT2D eigenvalue weighted by Crippen LogP contribution is 2.20. The first kappa shape index (κ1) is 22.1. The van der Waals surface area contributed by atoms with Crippen LogP contribution in [0.15, 0.2) is 48.5 Å². The molecule has 0 radical (unpaired) electrons. The summed E-state index contributed by atoms with van der Waals surface area (Å²) in [6.45, 7) is 12.0. The van der Waals surface area contributed by atoms with Gasteiger partial charge in [-0.15, -0.1) is 0 Å². The second-order valence-electron chi connectivity index (χ2n) is 7.52. The summed E-state index contributed by atoms with van der Waals surface area (Å²) in [4.78, 5) is 23.6. The van der Waals surface area contributed by atoms with E-state index in [1.54, 1.807) is 0 Å². The molecule has 0 atom stereocenters. The molecule has 2 aromatic carbocycles. The summed E-state index contributed by atoms with van der Waals surface area (Å²) in [7, 11) is 0. The van der Waals surface area contributed by atoms with Crippen LogP contribution < -0.4 is 20.9 Å². The van der Waals surface area contributed by atoms with E-state index in [2.05, 4.69) is 50.7 Å². The molecule has 0 unspecified atom stereocenters. The topological polar surface area (TPSA) is 82.2 Å². The van der Waals surface area contributed by atoms with E-state index in [0.717, 1.165) is 47.1 Å². The molecule has 7 nitrogen and oxygen atoms in total. The number of benzene rings is 2. The quantitative estimate of drug-likeness (QED) is 0.463. The van der Waals surface area contributed by atoms with Gasteiger partial charge in [-0.2, -0.15) is 4.98 Å². The summed E-state index contributed by atoms with van der Waals surface area (Å²) in [5, 5.41) is 8.97. The SMILES string of the molecule is CCN(CC)c1cc(C)nc(Nc2ccc(NC(=O)Nc3cc(C)cc(C)c3)cc2)n1. The van der Waals surface area contributed by atoms with Crippen molar-refractivity contribution >= 4 is 34.9 Å². The van der Waals surface area contributed by atoms with E-state index in [9.17, 15) is 4.79 Å². The lowest BCUT2D eigenvalue weighted by Crippen LogP contribution is -2.23. The number of hydrogen-bond donors (Lipinski definition) is 3. The molecule has 0 aliphatic rings. The Bertz CT molecular complexity index is 1020. The number of rotatable bonds is 7. The highest BCUT2D eigenvalue weighted by molar-refractivity contribution is 5.99. The average molecular weight is 419 g/mol. The third-order valence-electron chi connectivity index (χ3n) is 4.81. The lowest BCUT2D eigenvalue weighted by atomic mass is 10.1. The van der Waals surface area contributed by atoms with Crippen LogP contribution in [0.5, 0.6) is 0 Å². The van der Waals surface area contributed by atoms with Gasteiger partial charge in [-0.1, -0.05) is 6.07 Å². The number of anilines is 5. The Morgan fingerprint density at radius 2 is 1.39 bits per heavy atom. The molecule has 3 rings (SSSR count). The van der Waals surface area contributed by atoms with Gasteiger partial charge in [0.15, 0.2) is 0 Å². The van der Waals surface area contributed by atoms with Crippen molar-refractivity contribution < 1.29 is 4.79 Å². The molecule has 1 aromatic heterocycles. The third kappa shape index (κ3) is 6.18. The number of carbonyl (C=O) groups excluding carboxylic acids is 1. The fourth-order valence-corrected chi connectivity index (χ4v) is 3.42.